The van der Waals surface area contributed by atoms with Gasteiger partial charge in [0.15, 0.2) is 0 Å². The van der Waals surface area contributed by atoms with Gasteiger partial charge in [0.2, 0.25) is 0 Å². The van der Waals surface area contributed by atoms with Crippen LogP contribution in [0.5, 0.6) is 11.8 Å². The minimum atomic E-state index is -0.410. The Labute approximate surface area is 111 Å². The molecule has 0 bridgehead atoms. The van der Waals surface area contributed by atoms with Gasteiger partial charge in [0.1, 0.15) is 5.75 Å². The Bertz CT molecular complexity index is 591. The summed E-state index contributed by atoms with van der Waals surface area (Å²) in [5.74, 6) is 0.0830. The van der Waals surface area contributed by atoms with E-state index in [2.05, 4.69) is 14.7 Å². The zero-order chi connectivity index (χ0) is 13.8. The summed E-state index contributed by atoms with van der Waals surface area (Å²) >= 11 is 0. The van der Waals surface area contributed by atoms with Crippen molar-refractivity contribution in [3.05, 3.63) is 47.3 Å². The number of carbonyl (C=O) groups excluding carboxylic acids is 1. The molecule has 0 aliphatic carbocycles. The molecule has 19 heavy (non-hydrogen) atoms. The van der Waals surface area contributed by atoms with Gasteiger partial charge in [-0.1, -0.05) is 6.07 Å². The standard InChI is InChI=1S/C14H14N2O3/c1-9-7-10(2)16-14(15-9)19-12-6-4-5-11(8-12)13(17)18-3/h4-8H,1-3H3. The lowest BCUT2D eigenvalue weighted by atomic mass is 10.2. The molecule has 0 N–H and O–H groups in total. The van der Waals surface area contributed by atoms with Crippen LogP contribution in [0.1, 0.15) is 21.7 Å². The van der Waals surface area contributed by atoms with Crippen molar-refractivity contribution < 1.29 is 14.3 Å². The molecule has 2 rings (SSSR count). The number of carbonyl (C=O) groups is 1. The average molecular weight is 258 g/mol. The number of esters is 1. The Hall–Kier alpha value is -2.43. The molecule has 0 amide bonds. The molecule has 98 valence electrons. The van der Waals surface area contributed by atoms with Gasteiger partial charge in [0.05, 0.1) is 12.7 Å². The first-order valence-corrected chi connectivity index (χ1v) is 5.77. The lowest BCUT2D eigenvalue weighted by Crippen LogP contribution is -2.01. The molecule has 0 unspecified atom stereocenters. The minimum absolute atomic E-state index is 0.263. The van der Waals surface area contributed by atoms with E-state index in [-0.39, 0.29) is 6.01 Å². The van der Waals surface area contributed by atoms with Gasteiger partial charge in [-0.05, 0) is 38.1 Å². The second kappa shape index (κ2) is 5.48. The van der Waals surface area contributed by atoms with Gasteiger partial charge in [-0.25, -0.2) is 14.8 Å². The maximum atomic E-state index is 11.4. The molecule has 2 aromatic rings. The van der Waals surface area contributed by atoms with Gasteiger partial charge >= 0.3 is 12.0 Å². The minimum Gasteiger partial charge on any atom is -0.465 e. The second-order valence-corrected chi connectivity index (χ2v) is 4.05. The Kier molecular flexibility index (Phi) is 3.75. The number of nitrogens with zero attached hydrogens (tertiary/aromatic N) is 2. The van der Waals surface area contributed by atoms with Gasteiger partial charge in [-0.2, -0.15) is 0 Å². The maximum absolute atomic E-state index is 11.4. The summed E-state index contributed by atoms with van der Waals surface area (Å²) in [6.07, 6.45) is 0. The van der Waals surface area contributed by atoms with Crippen molar-refractivity contribution in [2.45, 2.75) is 13.8 Å². The molecule has 0 spiro atoms. The van der Waals surface area contributed by atoms with Crippen molar-refractivity contribution >= 4 is 5.97 Å². The molecular weight excluding hydrogens is 244 g/mol. The van der Waals surface area contributed by atoms with Crippen molar-refractivity contribution in [1.29, 1.82) is 0 Å². The average Bonchev–Trinajstić information content (AvgIpc) is 2.37. The molecule has 1 aromatic carbocycles. The van der Waals surface area contributed by atoms with E-state index < -0.39 is 5.97 Å². The number of rotatable bonds is 3. The molecule has 1 aromatic heterocycles. The molecule has 0 atom stereocenters. The monoisotopic (exact) mass is 258 g/mol. The summed E-state index contributed by atoms with van der Waals surface area (Å²) in [5.41, 5.74) is 2.07. The number of aryl methyl sites for hydroxylation is 2. The number of ether oxygens (including phenoxy) is 2. The fourth-order valence-electron chi connectivity index (χ4n) is 1.65. The Morgan fingerprint density at radius 1 is 1.11 bits per heavy atom. The fraction of sp³-hybridized carbons (Fsp3) is 0.214. The summed E-state index contributed by atoms with van der Waals surface area (Å²) in [4.78, 5) is 19.8. The van der Waals surface area contributed by atoms with Crippen LogP contribution in [-0.2, 0) is 4.74 Å². The van der Waals surface area contributed by atoms with Crippen molar-refractivity contribution in [2.75, 3.05) is 7.11 Å². The highest BCUT2D eigenvalue weighted by molar-refractivity contribution is 5.89. The molecule has 0 saturated heterocycles. The van der Waals surface area contributed by atoms with Crippen LogP contribution in [0.25, 0.3) is 0 Å². The van der Waals surface area contributed by atoms with Crippen LogP contribution in [0.2, 0.25) is 0 Å². The number of methoxy groups -OCH3 is 1. The van der Waals surface area contributed by atoms with Crippen LogP contribution in [0, 0.1) is 13.8 Å². The van der Waals surface area contributed by atoms with Crippen LogP contribution in [0.15, 0.2) is 30.3 Å². The molecule has 1 heterocycles. The quantitative estimate of drug-likeness (QED) is 0.792. The molecule has 5 nitrogen and oxygen atoms in total. The summed E-state index contributed by atoms with van der Waals surface area (Å²) in [6, 6.07) is 8.81. The maximum Gasteiger partial charge on any atom is 0.337 e. The highest BCUT2D eigenvalue weighted by Crippen LogP contribution is 2.20. The van der Waals surface area contributed by atoms with E-state index in [1.807, 2.05) is 19.9 Å². The highest BCUT2D eigenvalue weighted by atomic mass is 16.5. The van der Waals surface area contributed by atoms with E-state index in [1.165, 1.54) is 7.11 Å². The third-order valence-electron chi connectivity index (χ3n) is 2.43. The summed E-state index contributed by atoms with van der Waals surface area (Å²) in [5, 5.41) is 0. The predicted molar refractivity (Wildman–Crippen MR) is 69.4 cm³/mol. The predicted octanol–water partition coefficient (Wildman–Crippen LogP) is 2.67. The summed E-state index contributed by atoms with van der Waals surface area (Å²) in [7, 11) is 1.34. The lowest BCUT2D eigenvalue weighted by molar-refractivity contribution is 0.0600. The van der Waals surface area contributed by atoms with Crippen LogP contribution < -0.4 is 4.74 Å². The van der Waals surface area contributed by atoms with Gasteiger partial charge in [0, 0.05) is 11.4 Å². The van der Waals surface area contributed by atoms with Crippen molar-refractivity contribution in [1.82, 2.24) is 9.97 Å². The number of benzene rings is 1. The topological polar surface area (TPSA) is 61.3 Å². The molecule has 0 radical (unpaired) electrons. The first-order chi connectivity index (χ1) is 9.08. The molecule has 0 fully saturated rings. The first kappa shape index (κ1) is 13.0. The number of hydrogen-bond donors (Lipinski definition) is 0. The molecule has 5 heteroatoms. The van der Waals surface area contributed by atoms with Crippen LogP contribution >= 0.6 is 0 Å². The number of hydrogen-bond acceptors (Lipinski definition) is 5. The third-order valence-corrected chi connectivity index (χ3v) is 2.43. The van der Waals surface area contributed by atoms with E-state index in [1.54, 1.807) is 24.3 Å². The molecular formula is C14H14N2O3. The van der Waals surface area contributed by atoms with E-state index in [0.29, 0.717) is 11.3 Å². The molecule has 0 aliphatic heterocycles. The summed E-state index contributed by atoms with van der Waals surface area (Å²) < 4.78 is 10.2. The zero-order valence-corrected chi connectivity index (χ0v) is 11.0. The van der Waals surface area contributed by atoms with Gasteiger partial charge in [-0.3, -0.25) is 0 Å². The van der Waals surface area contributed by atoms with E-state index in [0.717, 1.165) is 11.4 Å². The van der Waals surface area contributed by atoms with E-state index in [9.17, 15) is 4.79 Å². The van der Waals surface area contributed by atoms with Crippen molar-refractivity contribution in [3.63, 3.8) is 0 Å². The van der Waals surface area contributed by atoms with Crippen LogP contribution in [0.4, 0.5) is 0 Å². The van der Waals surface area contributed by atoms with E-state index >= 15 is 0 Å². The van der Waals surface area contributed by atoms with Gasteiger partial charge < -0.3 is 9.47 Å². The van der Waals surface area contributed by atoms with Crippen LogP contribution in [0.3, 0.4) is 0 Å². The molecule has 0 aliphatic rings. The van der Waals surface area contributed by atoms with Gasteiger partial charge in [0.25, 0.3) is 0 Å². The molecule has 0 saturated carbocycles. The largest absolute Gasteiger partial charge is 0.465 e. The second-order valence-electron chi connectivity index (χ2n) is 4.05. The fourth-order valence-corrected chi connectivity index (χ4v) is 1.65. The smallest absolute Gasteiger partial charge is 0.337 e. The summed E-state index contributed by atoms with van der Waals surface area (Å²) in [6.45, 7) is 3.73. The lowest BCUT2D eigenvalue weighted by Gasteiger charge is -2.06. The van der Waals surface area contributed by atoms with E-state index in [4.69, 9.17) is 4.74 Å². The highest BCUT2D eigenvalue weighted by Gasteiger charge is 2.08. The Morgan fingerprint density at radius 3 is 2.42 bits per heavy atom. The van der Waals surface area contributed by atoms with Gasteiger partial charge in [-0.15, -0.1) is 0 Å². The van der Waals surface area contributed by atoms with Crippen LogP contribution in [-0.4, -0.2) is 23.0 Å². The number of aromatic nitrogens is 2. The Morgan fingerprint density at radius 2 is 1.79 bits per heavy atom. The van der Waals surface area contributed by atoms with Crippen molar-refractivity contribution in [2.24, 2.45) is 0 Å². The Balaban J connectivity index is 2.25. The SMILES string of the molecule is COC(=O)c1cccc(Oc2nc(C)cc(C)n2)c1. The zero-order valence-electron chi connectivity index (χ0n) is 11.0. The third kappa shape index (κ3) is 3.28. The first-order valence-electron chi connectivity index (χ1n) is 5.77. The van der Waals surface area contributed by atoms with Crippen molar-refractivity contribution in [3.8, 4) is 11.8 Å². The normalized spacial score (nSPS) is 10.1.